The molecule has 5 nitrogen and oxygen atoms in total. The molecule has 1 amide bonds. The van der Waals surface area contributed by atoms with Gasteiger partial charge in [0.1, 0.15) is 0 Å². The predicted molar refractivity (Wildman–Crippen MR) is 118 cm³/mol. The molecule has 0 aromatic heterocycles. The number of nitrogens with zero attached hydrogens (tertiary/aromatic N) is 1. The van der Waals surface area contributed by atoms with E-state index in [0.717, 1.165) is 9.87 Å². The van der Waals surface area contributed by atoms with Crippen LogP contribution in [0, 0.1) is 6.92 Å². The first-order valence-corrected chi connectivity index (χ1v) is 10.8. The number of nitrogens with one attached hydrogen (secondary N) is 1. The summed E-state index contributed by atoms with van der Waals surface area (Å²) in [5.41, 5.74) is 1.80. The van der Waals surface area contributed by atoms with Crippen molar-refractivity contribution in [1.29, 1.82) is 0 Å². The fraction of sp³-hybridized carbons (Fsp3) is 0.0952. The van der Waals surface area contributed by atoms with Gasteiger partial charge in [-0.25, -0.2) is 8.42 Å². The molecular formula is C21H18Cl2N2O3S. The molecule has 0 saturated heterocycles. The smallest absolute Gasteiger partial charge is 0.264 e. The molecule has 0 unspecified atom stereocenters. The van der Waals surface area contributed by atoms with Gasteiger partial charge in [0.15, 0.2) is 0 Å². The summed E-state index contributed by atoms with van der Waals surface area (Å²) in [6.45, 7) is 1.88. The minimum absolute atomic E-state index is 0.141. The number of carbonyl (C=O) groups excluding carboxylic acids is 1. The number of hydrogen-bond acceptors (Lipinski definition) is 3. The van der Waals surface area contributed by atoms with Crippen molar-refractivity contribution in [1.82, 2.24) is 0 Å². The Hall–Kier alpha value is -2.54. The van der Waals surface area contributed by atoms with E-state index in [9.17, 15) is 13.2 Å². The third kappa shape index (κ3) is 4.72. The minimum Gasteiger partial charge on any atom is -0.322 e. The molecule has 0 aliphatic heterocycles. The molecule has 0 heterocycles. The molecule has 3 rings (SSSR count). The molecule has 0 spiro atoms. The molecule has 0 aliphatic rings. The second-order valence-corrected chi connectivity index (χ2v) is 9.26. The zero-order chi connectivity index (χ0) is 21.2. The van der Waals surface area contributed by atoms with E-state index in [2.05, 4.69) is 5.32 Å². The summed E-state index contributed by atoms with van der Waals surface area (Å²) in [4.78, 5) is 13.0. The maximum absolute atomic E-state index is 13.0. The molecule has 3 aromatic carbocycles. The third-order valence-electron chi connectivity index (χ3n) is 4.29. The van der Waals surface area contributed by atoms with Crippen molar-refractivity contribution in [3.63, 3.8) is 0 Å². The van der Waals surface area contributed by atoms with Crippen molar-refractivity contribution >= 4 is 50.5 Å². The molecule has 0 saturated carbocycles. The van der Waals surface area contributed by atoms with Crippen molar-refractivity contribution in [2.75, 3.05) is 16.7 Å². The fourth-order valence-electron chi connectivity index (χ4n) is 2.76. The number of aryl methyl sites for hydroxylation is 1. The van der Waals surface area contributed by atoms with E-state index in [1.807, 2.05) is 6.92 Å². The number of benzene rings is 3. The van der Waals surface area contributed by atoms with Crippen molar-refractivity contribution in [3.8, 4) is 0 Å². The van der Waals surface area contributed by atoms with Crippen LogP contribution in [0.5, 0.6) is 0 Å². The van der Waals surface area contributed by atoms with Gasteiger partial charge < -0.3 is 5.32 Å². The molecule has 8 heteroatoms. The Morgan fingerprint density at radius 1 is 0.931 bits per heavy atom. The topological polar surface area (TPSA) is 66.5 Å². The van der Waals surface area contributed by atoms with Crippen LogP contribution in [-0.4, -0.2) is 21.4 Å². The number of sulfonamides is 1. The van der Waals surface area contributed by atoms with E-state index in [1.165, 1.54) is 19.2 Å². The van der Waals surface area contributed by atoms with Gasteiger partial charge in [-0.15, -0.1) is 0 Å². The van der Waals surface area contributed by atoms with Crippen LogP contribution in [0.25, 0.3) is 0 Å². The van der Waals surface area contributed by atoms with Gasteiger partial charge >= 0.3 is 0 Å². The van der Waals surface area contributed by atoms with Gasteiger partial charge in [0, 0.05) is 22.8 Å². The fourth-order valence-corrected chi connectivity index (χ4v) is 4.50. The number of hydrogen-bond donors (Lipinski definition) is 1. The molecule has 0 radical (unpaired) electrons. The van der Waals surface area contributed by atoms with Crippen LogP contribution in [0.3, 0.4) is 0 Å². The number of amides is 1. The molecular weight excluding hydrogens is 431 g/mol. The lowest BCUT2D eigenvalue weighted by Gasteiger charge is -2.22. The van der Waals surface area contributed by atoms with Gasteiger partial charge in [0.05, 0.1) is 16.1 Å². The van der Waals surface area contributed by atoms with Crippen LogP contribution in [-0.2, 0) is 10.0 Å². The zero-order valence-electron chi connectivity index (χ0n) is 15.7. The highest BCUT2D eigenvalue weighted by atomic mass is 35.5. The van der Waals surface area contributed by atoms with Crippen molar-refractivity contribution in [2.24, 2.45) is 0 Å². The minimum atomic E-state index is -3.84. The average molecular weight is 449 g/mol. The number of anilines is 2. The number of para-hydroxylation sites is 1. The van der Waals surface area contributed by atoms with Gasteiger partial charge in [0.25, 0.3) is 15.9 Å². The second kappa shape index (κ2) is 8.45. The molecule has 29 heavy (non-hydrogen) atoms. The van der Waals surface area contributed by atoms with Gasteiger partial charge in [-0.05, 0) is 49.4 Å². The maximum atomic E-state index is 13.0. The summed E-state index contributed by atoms with van der Waals surface area (Å²) >= 11 is 12.0. The van der Waals surface area contributed by atoms with Crippen LogP contribution < -0.4 is 9.62 Å². The Labute approximate surface area is 179 Å². The van der Waals surface area contributed by atoms with Gasteiger partial charge in [-0.3, -0.25) is 9.10 Å². The van der Waals surface area contributed by atoms with E-state index in [4.69, 9.17) is 23.2 Å². The molecule has 0 fully saturated rings. The summed E-state index contributed by atoms with van der Waals surface area (Å²) in [6, 6.07) is 17.7. The Balaban J connectivity index is 1.95. The van der Waals surface area contributed by atoms with E-state index in [0.29, 0.717) is 15.7 Å². The van der Waals surface area contributed by atoms with Gasteiger partial charge in [-0.2, -0.15) is 0 Å². The first-order chi connectivity index (χ1) is 13.7. The molecule has 1 N–H and O–H groups in total. The number of carbonyl (C=O) groups is 1. The van der Waals surface area contributed by atoms with E-state index in [1.54, 1.807) is 54.6 Å². The zero-order valence-corrected chi connectivity index (χ0v) is 18.0. The first-order valence-electron chi connectivity index (χ1n) is 8.60. The summed E-state index contributed by atoms with van der Waals surface area (Å²) in [6.07, 6.45) is 0. The Morgan fingerprint density at radius 2 is 1.52 bits per heavy atom. The summed E-state index contributed by atoms with van der Waals surface area (Å²) < 4.78 is 27.1. The normalized spacial score (nSPS) is 11.2. The predicted octanol–water partition coefficient (Wildman–Crippen LogP) is 5.38. The lowest BCUT2D eigenvalue weighted by molar-refractivity contribution is 0.102. The van der Waals surface area contributed by atoms with Crippen molar-refractivity contribution < 1.29 is 13.2 Å². The lowest BCUT2D eigenvalue weighted by atomic mass is 10.1. The molecule has 150 valence electrons. The lowest BCUT2D eigenvalue weighted by Crippen LogP contribution is -2.29. The summed E-state index contributed by atoms with van der Waals surface area (Å²) in [5, 5.41) is 3.45. The highest BCUT2D eigenvalue weighted by Crippen LogP contribution is 2.28. The Morgan fingerprint density at radius 3 is 2.14 bits per heavy atom. The SMILES string of the molecule is Cc1ccc(S(=O)(=O)N(C)c2ccccc2C(=O)Nc2cc(Cl)cc(Cl)c2)cc1. The largest absolute Gasteiger partial charge is 0.322 e. The molecule has 0 atom stereocenters. The van der Waals surface area contributed by atoms with Crippen LogP contribution in [0.2, 0.25) is 10.0 Å². The van der Waals surface area contributed by atoms with Crippen LogP contribution in [0.4, 0.5) is 11.4 Å². The highest BCUT2D eigenvalue weighted by Gasteiger charge is 2.25. The maximum Gasteiger partial charge on any atom is 0.264 e. The Bertz CT molecular complexity index is 1140. The van der Waals surface area contributed by atoms with E-state index >= 15 is 0 Å². The van der Waals surface area contributed by atoms with Gasteiger partial charge in [-0.1, -0.05) is 53.0 Å². The molecule has 0 aliphatic carbocycles. The summed E-state index contributed by atoms with van der Waals surface area (Å²) in [5.74, 6) is -0.482. The van der Waals surface area contributed by atoms with Crippen LogP contribution in [0.1, 0.15) is 15.9 Å². The first kappa shape index (κ1) is 21.2. The van der Waals surface area contributed by atoms with Crippen molar-refractivity contribution in [2.45, 2.75) is 11.8 Å². The summed E-state index contributed by atoms with van der Waals surface area (Å²) in [7, 11) is -2.43. The quantitative estimate of drug-likeness (QED) is 0.569. The highest BCUT2D eigenvalue weighted by molar-refractivity contribution is 7.92. The third-order valence-corrected chi connectivity index (χ3v) is 6.51. The van der Waals surface area contributed by atoms with Crippen molar-refractivity contribution in [3.05, 3.63) is 87.9 Å². The van der Waals surface area contributed by atoms with E-state index < -0.39 is 15.9 Å². The Kier molecular flexibility index (Phi) is 6.17. The molecule has 3 aromatic rings. The average Bonchev–Trinajstić information content (AvgIpc) is 2.67. The standard InChI is InChI=1S/C21H18Cl2N2O3S/c1-14-7-9-18(10-8-14)29(27,28)25(2)20-6-4-3-5-19(20)21(26)24-17-12-15(22)11-16(23)13-17/h3-13H,1-2H3,(H,24,26). The van der Waals surface area contributed by atoms with E-state index in [-0.39, 0.29) is 16.1 Å². The van der Waals surface area contributed by atoms with Gasteiger partial charge in [0.2, 0.25) is 0 Å². The number of rotatable bonds is 5. The van der Waals surface area contributed by atoms with Crippen LogP contribution in [0.15, 0.2) is 71.6 Å². The molecule has 0 bridgehead atoms. The monoisotopic (exact) mass is 448 g/mol. The number of halogens is 2. The second-order valence-electron chi connectivity index (χ2n) is 6.41. The van der Waals surface area contributed by atoms with Crippen LogP contribution >= 0.6 is 23.2 Å².